The standard InChI is InChI=1S/C14H19Cl/c1-2-3-5-10-14(12-15)11-13-8-6-4-7-9-13/h4,6-9,11H,2-3,5,10,12H2,1H3. The molecule has 0 bridgehead atoms. The molecule has 15 heavy (non-hydrogen) atoms. The van der Waals surface area contributed by atoms with Crippen molar-refractivity contribution in [1.29, 1.82) is 0 Å². The van der Waals surface area contributed by atoms with E-state index in [0.29, 0.717) is 5.88 Å². The van der Waals surface area contributed by atoms with Gasteiger partial charge >= 0.3 is 0 Å². The van der Waals surface area contributed by atoms with Crippen LogP contribution in [0, 0.1) is 0 Å². The molecule has 0 radical (unpaired) electrons. The lowest BCUT2D eigenvalue weighted by molar-refractivity contribution is 0.715. The summed E-state index contributed by atoms with van der Waals surface area (Å²) in [6, 6.07) is 10.4. The van der Waals surface area contributed by atoms with Gasteiger partial charge in [0.1, 0.15) is 0 Å². The molecule has 0 unspecified atom stereocenters. The van der Waals surface area contributed by atoms with Gasteiger partial charge in [-0.25, -0.2) is 0 Å². The number of alkyl halides is 1. The fraction of sp³-hybridized carbons (Fsp3) is 0.429. The van der Waals surface area contributed by atoms with Crippen molar-refractivity contribution in [2.75, 3.05) is 5.88 Å². The molecule has 1 heteroatoms. The molecular formula is C14H19Cl. The summed E-state index contributed by atoms with van der Waals surface area (Å²) in [5.74, 6) is 0.651. The Morgan fingerprint density at radius 3 is 2.53 bits per heavy atom. The maximum absolute atomic E-state index is 5.93. The second kappa shape index (κ2) is 7.53. The molecule has 0 aliphatic heterocycles. The predicted molar refractivity (Wildman–Crippen MR) is 69.3 cm³/mol. The minimum Gasteiger partial charge on any atom is -0.122 e. The summed E-state index contributed by atoms with van der Waals surface area (Å²) in [6.45, 7) is 2.22. The van der Waals surface area contributed by atoms with E-state index in [-0.39, 0.29) is 0 Å². The minimum absolute atomic E-state index is 0.651. The zero-order valence-electron chi connectivity index (χ0n) is 9.38. The molecule has 0 aromatic heterocycles. The second-order valence-corrected chi connectivity index (χ2v) is 4.07. The lowest BCUT2D eigenvalue weighted by atomic mass is 10.1. The Morgan fingerprint density at radius 1 is 1.20 bits per heavy atom. The highest BCUT2D eigenvalue weighted by Crippen LogP contribution is 2.14. The Morgan fingerprint density at radius 2 is 1.93 bits per heavy atom. The zero-order valence-corrected chi connectivity index (χ0v) is 10.1. The van der Waals surface area contributed by atoms with Crippen LogP contribution >= 0.6 is 11.6 Å². The summed E-state index contributed by atoms with van der Waals surface area (Å²) in [5, 5.41) is 0. The first-order valence-electron chi connectivity index (χ1n) is 5.67. The maximum atomic E-state index is 5.93. The molecule has 0 nitrogen and oxygen atoms in total. The SMILES string of the molecule is CCCCCC(=Cc1ccccc1)CCl. The van der Waals surface area contributed by atoms with E-state index in [1.807, 2.05) is 6.07 Å². The molecule has 0 atom stereocenters. The van der Waals surface area contributed by atoms with Crippen molar-refractivity contribution in [3.8, 4) is 0 Å². The Bertz CT molecular complexity index is 287. The molecule has 0 N–H and O–H groups in total. The molecule has 0 amide bonds. The van der Waals surface area contributed by atoms with Crippen LogP contribution in [-0.4, -0.2) is 5.88 Å². The fourth-order valence-electron chi connectivity index (χ4n) is 1.56. The first-order chi connectivity index (χ1) is 7.36. The van der Waals surface area contributed by atoms with E-state index in [1.165, 1.54) is 30.4 Å². The Balaban J connectivity index is 2.54. The molecule has 0 aliphatic carbocycles. The molecule has 1 aromatic rings. The number of hydrogen-bond acceptors (Lipinski definition) is 0. The molecule has 0 saturated carbocycles. The average Bonchev–Trinajstić information content (AvgIpc) is 2.29. The number of unbranched alkanes of at least 4 members (excludes halogenated alkanes) is 2. The molecular weight excluding hydrogens is 204 g/mol. The summed E-state index contributed by atoms with van der Waals surface area (Å²) in [5.41, 5.74) is 2.60. The van der Waals surface area contributed by atoms with Gasteiger partial charge in [0.05, 0.1) is 0 Å². The van der Waals surface area contributed by atoms with E-state index in [2.05, 4.69) is 37.3 Å². The van der Waals surface area contributed by atoms with Gasteiger partial charge in [0.25, 0.3) is 0 Å². The first-order valence-corrected chi connectivity index (χ1v) is 6.20. The number of rotatable bonds is 6. The van der Waals surface area contributed by atoms with Gasteiger partial charge in [-0.2, -0.15) is 0 Å². The van der Waals surface area contributed by atoms with Crippen LogP contribution in [0.15, 0.2) is 35.9 Å². The quantitative estimate of drug-likeness (QED) is 0.475. The summed E-state index contributed by atoms with van der Waals surface area (Å²) in [7, 11) is 0. The Hall–Kier alpha value is -0.750. The monoisotopic (exact) mass is 222 g/mol. The number of hydrogen-bond donors (Lipinski definition) is 0. The molecule has 0 spiro atoms. The maximum Gasteiger partial charge on any atom is 0.0436 e. The zero-order chi connectivity index (χ0) is 10.9. The topological polar surface area (TPSA) is 0 Å². The van der Waals surface area contributed by atoms with Crippen molar-refractivity contribution < 1.29 is 0 Å². The van der Waals surface area contributed by atoms with Crippen LogP contribution in [-0.2, 0) is 0 Å². The summed E-state index contributed by atoms with van der Waals surface area (Å²) in [4.78, 5) is 0. The van der Waals surface area contributed by atoms with Crippen molar-refractivity contribution in [1.82, 2.24) is 0 Å². The van der Waals surface area contributed by atoms with Crippen LogP contribution in [0.2, 0.25) is 0 Å². The van der Waals surface area contributed by atoms with Gasteiger partial charge in [0, 0.05) is 5.88 Å². The smallest absolute Gasteiger partial charge is 0.0436 e. The molecule has 0 saturated heterocycles. The third kappa shape index (κ3) is 5.03. The highest BCUT2D eigenvalue weighted by Gasteiger charge is 1.96. The molecule has 0 heterocycles. The van der Waals surface area contributed by atoms with Crippen molar-refractivity contribution in [2.45, 2.75) is 32.6 Å². The Labute approximate surface area is 98.0 Å². The molecule has 82 valence electrons. The first kappa shape index (κ1) is 12.3. The third-order valence-electron chi connectivity index (χ3n) is 2.44. The lowest BCUT2D eigenvalue weighted by Gasteiger charge is -2.03. The average molecular weight is 223 g/mol. The van der Waals surface area contributed by atoms with Gasteiger partial charge in [0.15, 0.2) is 0 Å². The van der Waals surface area contributed by atoms with E-state index in [9.17, 15) is 0 Å². The van der Waals surface area contributed by atoms with E-state index in [4.69, 9.17) is 11.6 Å². The summed E-state index contributed by atoms with van der Waals surface area (Å²) >= 11 is 5.93. The van der Waals surface area contributed by atoms with Crippen molar-refractivity contribution in [3.63, 3.8) is 0 Å². The van der Waals surface area contributed by atoms with Crippen molar-refractivity contribution in [2.24, 2.45) is 0 Å². The fourth-order valence-corrected chi connectivity index (χ4v) is 1.78. The normalized spacial score (nSPS) is 11.7. The van der Waals surface area contributed by atoms with Crippen LogP contribution in [0.1, 0.15) is 38.2 Å². The van der Waals surface area contributed by atoms with Crippen LogP contribution < -0.4 is 0 Å². The van der Waals surface area contributed by atoms with Gasteiger partial charge in [0.2, 0.25) is 0 Å². The summed E-state index contributed by atoms with van der Waals surface area (Å²) < 4.78 is 0. The predicted octanol–water partition coefficient (Wildman–Crippen LogP) is 4.89. The number of benzene rings is 1. The molecule has 0 fully saturated rings. The highest BCUT2D eigenvalue weighted by atomic mass is 35.5. The van der Waals surface area contributed by atoms with Crippen LogP contribution in [0.4, 0.5) is 0 Å². The van der Waals surface area contributed by atoms with Gasteiger partial charge < -0.3 is 0 Å². The highest BCUT2D eigenvalue weighted by molar-refractivity contribution is 6.19. The van der Waals surface area contributed by atoms with E-state index >= 15 is 0 Å². The van der Waals surface area contributed by atoms with Gasteiger partial charge in [-0.3, -0.25) is 0 Å². The molecule has 1 rings (SSSR count). The number of halogens is 1. The van der Waals surface area contributed by atoms with Crippen molar-refractivity contribution in [3.05, 3.63) is 41.5 Å². The lowest BCUT2D eigenvalue weighted by Crippen LogP contribution is -1.86. The van der Waals surface area contributed by atoms with Crippen molar-refractivity contribution >= 4 is 17.7 Å². The van der Waals surface area contributed by atoms with E-state index < -0.39 is 0 Å². The van der Waals surface area contributed by atoms with Crippen LogP contribution in [0.3, 0.4) is 0 Å². The van der Waals surface area contributed by atoms with E-state index in [1.54, 1.807) is 0 Å². The van der Waals surface area contributed by atoms with Gasteiger partial charge in [-0.05, 0) is 18.4 Å². The molecule has 1 aromatic carbocycles. The third-order valence-corrected chi connectivity index (χ3v) is 2.79. The van der Waals surface area contributed by atoms with Crippen LogP contribution in [0.5, 0.6) is 0 Å². The molecule has 0 aliphatic rings. The van der Waals surface area contributed by atoms with Crippen LogP contribution in [0.25, 0.3) is 6.08 Å². The Kier molecular flexibility index (Phi) is 6.18. The van der Waals surface area contributed by atoms with E-state index in [0.717, 1.165) is 6.42 Å². The summed E-state index contributed by atoms with van der Waals surface area (Å²) in [6.07, 6.45) is 7.15. The minimum atomic E-state index is 0.651. The number of allylic oxidation sites excluding steroid dienone is 1. The second-order valence-electron chi connectivity index (χ2n) is 3.80. The van der Waals surface area contributed by atoms with Gasteiger partial charge in [-0.1, -0.05) is 61.7 Å². The largest absolute Gasteiger partial charge is 0.122 e. The van der Waals surface area contributed by atoms with Gasteiger partial charge in [-0.15, -0.1) is 11.6 Å².